The molecule has 0 heterocycles. The molecule has 0 N–H and O–H groups in total. The van der Waals surface area contributed by atoms with E-state index in [0.29, 0.717) is 0 Å². The molecule has 12 heavy (non-hydrogen) atoms. The van der Waals surface area contributed by atoms with Gasteiger partial charge in [0.25, 0.3) is 5.71 Å². The average Bonchev–Trinajstić information content (AvgIpc) is 2.16. The van der Waals surface area contributed by atoms with Crippen molar-refractivity contribution in [3.8, 4) is 0 Å². The van der Waals surface area contributed by atoms with Crippen molar-refractivity contribution in [1.82, 2.24) is 0 Å². The van der Waals surface area contributed by atoms with Gasteiger partial charge < -0.3 is 5.53 Å². The monoisotopic (exact) mass is 160 g/mol. The smallest absolute Gasteiger partial charge is 0.266 e. The molecule has 0 aromatic heterocycles. The summed E-state index contributed by atoms with van der Waals surface area (Å²) in [6, 6.07) is 10.2. The van der Waals surface area contributed by atoms with Crippen LogP contribution in [0.5, 0.6) is 0 Å². The van der Waals surface area contributed by atoms with Gasteiger partial charge in [-0.1, -0.05) is 30.3 Å². The van der Waals surface area contributed by atoms with Gasteiger partial charge in [-0.15, -0.1) is 0 Å². The van der Waals surface area contributed by atoms with Gasteiger partial charge in [-0.05, 0) is 12.0 Å². The lowest BCUT2D eigenvalue weighted by molar-refractivity contribution is -0.00884. The van der Waals surface area contributed by atoms with Crippen molar-refractivity contribution in [2.24, 2.45) is 0 Å². The molecule has 0 amide bonds. The lowest BCUT2D eigenvalue weighted by Gasteiger charge is -1.94. The molecule has 0 aliphatic carbocycles. The van der Waals surface area contributed by atoms with Gasteiger partial charge in [0, 0.05) is 13.3 Å². The van der Waals surface area contributed by atoms with Gasteiger partial charge in [0.15, 0.2) is 0 Å². The highest BCUT2D eigenvalue weighted by atomic mass is 14.8. The van der Waals surface area contributed by atoms with Crippen LogP contribution in [0.2, 0.25) is 0 Å². The van der Waals surface area contributed by atoms with Gasteiger partial charge in [0.05, 0.1) is 0 Å². The summed E-state index contributed by atoms with van der Waals surface area (Å²) in [5, 5.41) is 0. The largest absolute Gasteiger partial charge is 0.362 e. The van der Waals surface area contributed by atoms with E-state index in [0.717, 1.165) is 18.6 Å². The Kier molecular flexibility index (Phi) is 3.24. The molecule has 0 fully saturated rings. The Morgan fingerprint density at radius 2 is 2.00 bits per heavy atom. The molecule has 0 aliphatic rings. The highest BCUT2D eigenvalue weighted by Crippen LogP contribution is 2.01. The van der Waals surface area contributed by atoms with E-state index in [-0.39, 0.29) is 0 Å². The molecule has 1 rings (SSSR count). The number of hydrogen-bond acceptors (Lipinski definition) is 0. The zero-order valence-electron chi connectivity index (χ0n) is 7.20. The fraction of sp³-hybridized carbons (Fsp3) is 0.300. The highest BCUT2D eigenvalue weighted by molar-refractivity contribution is 5.76. The van der Waals surface area contributed by atoms with E-state index in [1.165, 1.54) is 5.56 Å². The standard InChI is InChI=1S/C10H12N2/c1-9(12-11)7-8-10-5-3-2-4-6-10/h2-6H,7-8H2,1H3. The van der Waals surface area contributed by atoms with E-state index in [4.69, 9.17) is 5.53 Å². The third-order valence-electron chi connectivity index (χ3n) is 1.79. The second-order valence-corrected chi connectivity index (χ2v) is 2.82. The van der Waals surface area contributed by atoms with Crippen molar-refractivity contribution in [2.75, 3.05) is 0 Å². The first-order valence-corrected chi connectivity index (χ1v) is 4.04. The Morgan fingerprint density at radius 1 is 1.33 bits per heavy atom. The maximum absolute atomic E-state index is 8.40. The molecule has 0 saturated heterocycles. The molecule has 0 atom stereocenters. The summed E-state index contributed by atoms with van der Waals surface area (Å²) in [5.74, 6) is 0. The van der Waals surface area contributed by atoms with Gasteiger partial charge >= 0.3 is 0 Å². The second-order valence-electron chi connectivity index (χ2n) is 2.82. The molecular weight excluding hydrogens is 148 g/mol. The molecule has 0 radical (unpaired) electrons. The number of aryl methyl sites for hydroxylation is 1. The Bertz CT molecular complexity index is 284. The van der Waals surface area contributed by atoms with Crippen LogP contribution in [0.3, 0.4) is 0 Å². The normalized spacial score (nSPS) is 9.08. The molecule has 2 heteroatoms. The maximum Gasteiger partial charge on any atom is 0.266 e. The van der Waals surface area contributed by atoms with Gasteiger partial charge in [0.1, 0.15) is 0 Å². The minimum absolute atomic E-state index is 0.777. The summed E-state index contributed by atoms with van der Waals surface area (Å²) in [6.45, 7) is 1.82. The topological polar surface area (TPSA) is 36.4 Å². The maximum atomic E-state index is 8.40. The Morgan fingerprint density at radius 3 is 2.58 bits per heavy atom. The van der Waals surface area contributed by atoms with Crippen molar-refractivity contribution in [2.45, 2.75) is 19.8 Å². The summed E-state index contributed by atoms with van der Waals surface area (Å²) in [4.78, 5) is 3.12. The summed E-state index contributed by atoms with van der Waals surface area (Å²) in [5.41, 5.74) is 10.5. The molecule has 1 aromatic carbocycles. The lowest BCUT2D eigenvalue weighted by Crippen LogP contribution is -1.95. The molecule has 0 unspecified atom stereocenters. The molecule has 0 spiro atoms. The van der Waals surface area contributed by atoms with Crippen LogP contribution in [0, 0.1) is 0 Å². The number of nitrogens with zero attached hydrogens (tertiary/aromatic N) is 2. The van der Waals surface area contributed by atoms with E-state index in [1.54, 1.807) is 0 Å². The molecule has 2 nitrogen and oxygen atoms in total. The molecular formula is C10H12N2. The van der Waals surface area contributed by atoms with E-state index < -0.39 is 0 Å². The summed E-state index contributed by atoms with van der Waals surface area (Å²) >= 11 is 0. The van der Waals surface area contributed by atoms with Crippen LogP contribution in [0.15, 0.2) is 30.3 Å². The molecule has 0 saturated carbocycles. The quantitative estimate of drug-likeness (QED) is 0.369. The highest BCUT2D eigenvalue weighted by Gasteiger charge is 1.99. The predicted octanol–water partition coefficient (Wildman–Crippen LogP) is 2.31. The Balaban J connectivity index is 2.49. The van der Waals surface area contributed by atoms with Gasteiger partial charge in [-0.3, -0.25) is 0 Å². The molecule has 0 bridgehead atoms. The summed E-state index contributed by atoms with van der Waals surface area (Å²) < 4.78 is 0. The first-order valence-electron chi connectivity index (χ1n) is 4.04. The van der Waals surface area contributed by atoms with E-state index in [1.807, 2.05) is 25.1 Å². The average molecular weight is 160 g/mol. The van der Waals surface area contributed by atoms with Crippen LogP contribution in [0.4, 0.5) is 0 Å². The minimum atomic E-state index is 0.777. The van der Waals surface area contributed by atoms with Gasteiger partial charge in [-0.2, -0.15) is 4.79 Å². The first-order chi connectivity index (χ1) is 5.83. The van der Waals surface area contributed by atoms with Crippen molar-refractivity contribution >= 4 is 5.71 Å². The van der Waals surface area contributed by atoms with E-state index in [2.05, 4.69) is 16.9 Å². The summed E-state index contributed by atoms with van der Waals surface area (Å²) in [6.07, 6.45) is 1.76. The van der Waals surface area contributed by atoms with E-state index in [9.17, 15) is 0 Å². The fourth-order valence-corrected chi connectivity index (χ4v) is 1.02. The van der Waals surface area contributed by atoms with Crippen LogP contribution < -0.4 is 0 Å². The number of rotatable bonds is 3. The van der Waals surface area contributed by atoms with E-state index >= 15 is 0 Å². The zero-order valence-corrected chi connectivity index (χ0v) is 7.20. The first kappa shape index (κ1) is 8.69. The predicted molar refractivity (Wildman–Crippen MR) is 49.1 cm³/mol. The van der Waals surface area contributed by atoms with Gasteiger partial charge in [0.2, 0.25) is 0 Å². The van der Waals surface area contributed by atoms with Gasteiger partial charge in [-0.25, -0.2) is 0 Å². The SMILES string of the molecule is CC(CCc1ccccc1)=[N+]=[N-]. The van der Waals surface area contributed by atoms with Crippen molar-refractivity contribution in [3.63, 3.8) is 0 Å². The van der Waals surface area contributed by atoms with Crippen molar-refractivity contribution in [1.29, 1.82) is 0 Å². The Hall–Kier alpha value is -1.40. The molecule has 62 valence electrons. The van der Waals surface area contributed by atoms with Crippen LogP contribution in [0.1, 0.15) is 18.9 Å². The number of benzene rings is 1. The van der Waals surface area contributed by atoms with Crippen molar-refractivity contribution < 1.29 is 4.79 Å². The van der Waals surface area contributed by atoms with Crippen molar-refractivity contribution in [3.05, 3.63) is 41.4 Å². The third kappa shape index (κ3) is 2.69. The molecule has 1 aromatic rings. The fourth-order valence-electron chi connectivity index (χ4n) is 1.02. The van der Waals surface area contributed by atoms with Crippen LogP contribution >= 0.6 is 0 Å². The molecule has 0 aliphatic heterocycles. The Labute approximate surface area is 72.5 Å². The van der Waals surface area contributed by atoms with Crippen LogP contribution in [-0.4, -0.2) is 10.5 Å². The van der Waals surface area contributed by atoms with Crippen LogP contribution in [0.25, 0.3) is 5.53 Å². The minimum Gasteiger partial charge on any atom is -0.362 e. The number of hydrogen-bond donors (Lipinski definition) is 0. The third-order valence-corrected chi connectivity index (χ3v) is 1.79. The lowest BCUT2D eigenvalue weighted by atomic mass is 10.1. The summed E-state index contributed by atoms with van der Waals surface area (Å²) in [7, 11) is 0. The second kappa shape index (κ2) is 4.47. The van der Waals surface area contributed by atoms with Crippen LogP contribution in [-0.2, 0) is 6.42 Å². The zero-order chi connectivity index (χ0) is 8.81.